The maximum Gasteiger partial charge on any atom is 0.252 e. The molecule has 0 aliphatic heterocycles. The summed E-state index contributed by atoms with van der Waals surface area (Å²) in [6.07, 6.45) is 3.19. The van der Waals surface area contributed by atoms with Crippen molar-refractivity contribution in [3.05, 3.63) is 59.0 Å². The second kappa shape index (κ2) is 6.05. The molecule has 3 aromatic rings. The molecule has 0 saturated heterocycles. The van der Waals surface area contributed by atoms with Gasteiger partial charge in [0.15, 0.2) is 0 Å². The minimum absolute atomic E-state index is 0.225. The van der Waals surface area contributed by atoms with E-state index in [0.717, 1.165) is 11.4 Å². The van der Waals surface area contributed by atoms with E-state index in [1.807, 2.05) is 24.3 Å². The van der Waals surface area contributed by atoms with Gasteiger partial charge in [0.2, 0.25) is 0 Å². The second-order valence-corrected chi connectivity index (χ2v) is 5.22. The summed E-state index contributed by atoms with van der Waals surface area (Å²) in [5.41, 5.74) is 7.71. The van der Waals surface area contributed by atoms with Crippen LogP contribution in [0.2, 0.25) is 5.02 Å². The molecule has 0 atom stereocenters. The first kappa shape index (κ1) is 15.0. The number of pyridine rings is 1. The molecule has 1 amide bonds. The van der Waals surface area contributed by atoms with Crippen LogP contribution in [0.3, 0.4) is 0 Å². The van der Waals surface area contributed by atoms with E-state index in [-0.39, 0.29) is 5.56 Å². The van der Waals surface area contributed by atoms with Crippen LogP contribution in [0.4, 0.5) is 11.5 Å². The highest BCUT2D eigenvalue weighted by Crippen LogP contribution is 2.25. The molecular weight excluding hydrogens is 316 g/mol. The lowest BCUT2D eigenvalue weighted by Gasteiger charge is -2.12. The number of aryl methyl sites for hydroxylation is 1. The summed E-state index contributed by atoms with van der Waals surface area (Å²) in [6, 6.07) is 8.88. The first-order chi connectivity index (χ1) is 11.0. The van der Waals surface area contributed by atoms with Crippen LogP contribution in [0.1, 0.15) is 16.1 Å². The van der Waals surface area contributed by atoms with Gasteiger partial charge in [-0.25, -0.2) is 4.98 Å². The quantitative estimate of drug-likeness (QED) is 0.766. The molecule has 3 N–H and O–H groups in total. The van der Waals surface area contributed by atoms with Gasteiger partial charge in [0, 0.05) is 5.69 Å². The van der Waals surface area contributed by atoms with Crippen molar-refractivity contribution in [1.82, 2.24) is 20.0 Å². The van der Waals surface area contributed by atoms with Crippen molar-refractivity contribution in [2.45, 2.75) is 6.92 Å². The first-order valence-corrected chi connectivity index (χ1v) is 7.13. The Morgan fingerprint density at radius 1 is 1.26 bits per heavy atom. The normalized spacial score (nSPS) is 10.5. The van der Waals surface area contributed by atoms with Gasteiger partial charge in [-0.2, -0.15) is 15.0 Å². The van der Waals surface area contributed by atoms with Crippen molar-refractivity contribution in [3.63, 3.8) is 0 Å². The fourth-order valence-corrected chi connectivity index (χ4v) is 2.21. The fraction of sp³-hybridized carbons (Fsp3) is 0.0667. The molecule has 7 nitrogen and oxygen atoms in total. The molecule has 0 radical (unpaired) electrons. The third-order valence-electron chi connectivity index (χ3n) is 3.18. The van der Waals surface area contributed by atoms with Crippen molar-refractivity contribution in [3.8, 4) is 5.69 Å². The van der Waals surface area contributed by atoms with Crippen molar-refractivity contribution >= 4 is 29.0 Å². The number of aromatic nitrogens is 4. The number of benzene rings is 1. The molecular formula is C15H13ClN6O. The summed E-state index contributed by atoms with van der Waals surface area (Å²) in [7, 11) is 0. The van der Waals surface area contributed by atoms with Crippen molar-refractivity contribution in [2.75, 3.05) is 5.32 Å². The lowest BCUT2D eigenvalue weighted by atomic mass is 10.2. The molecule has 0 saturated carbocycles. The molecule has 0 aliphatic rings. The standard InChI is InChI=1S/C15H13ClN6O/c1-9-13(16)8-12(14(17)23)15(20-9)21-10-3-2-4-11(7-10)22-18-5-6-19-22/h2-8H,1H3,(H2,17,23)(H,20,21). The highest BCUT2D eigenvalue weighted by atomic mass is 35.5. The lowest BCUT2D eigenvalue weighted by molar-refractivity contribution is 0.100. The average molecular weight is 329 g/mol. The fourth-order valence-electron chi connectivity index (χ4n) is 2.06. The number of primary amides is 1. The van der Waals surface area contributed by atoms with Crippen LogP contribution in [0.5, 0.6) is 0 Å². The van der Waals surface area contributed by atoms with E-state index in [0.29, 0.717) is 16.5 Å². The largest absolute Gasteiger partial charge is 0.365 e. The second-order valence-electron chi connectivity index (χ2n) is 4.81. The van der Waals surface area contributed by atoms with Gasteiger partial charge in [0.1, 0.15) is 5.82 Å². The summed E-state index contributed by atoms with van der Waals surface area (Å²) < 4.78 is 0. The zero-order chi connectivity index (χ0) is 16.4. The van der Waals surface area contributed by atoms with Gasteiger partial charge in [-0.3, -0.25) is 4.79 Å². The van der Waals surface area contributed by atoms with Crippen LogP contribution in [0, 0.1) is 6.92 Å². The van der Waals surface area contributed by atoms with E-state index < -0.39 is 5.91 Å². The average Bonchev–Trinajstić information content (AvgIpc) is 3.05. The number of nitrogens with zero attached hydrogens (tertiary/aromatic N) is 4. The molecule has 1 aromatic carbocycles. The Kier molecular flexibility index (Phi) is 3.94. The Labute approximate surface area is 137 Å². The van der Waals surface area contributed by atoms with E-state index in [1.54, 1.807) is 19.3 Å². The van der Waals surface area contributed by atoms with Crippen LogP contribution in [0.15, 0.2) is 42.7 Å². The van der Waals surface area contributed by atoms with E-state index in [1.165, 1.54) is 10.9 Å². The number of carbonyl (C=O) groups is 1. The monoisotopic (exact) mass is 328 g/mol. The Balaban J connectivity index is 1.98. The van der Waals surface area contributed by atoms with Crippen molar-refractivity contribution in [2.24, 2.45) is 5.73 Å². The summed E-state index contributed by atoms with van der Waals surface area (Å²) in [5.74, 6) is -0.253. The van der Waals surface area contributed by atoms with Gasteiger partial charge in [0.05, 0.1) is 34.4 Å². The number of nitrogens with two attached hydrogens (primary N) is 1. The van der Waals surface area contributed by atoms with Crippen LogP contribution in [-0.4, -0.2) is 25.9 Å². The van der Waals surface area contributed by atoms with Gasteiger partial charge in [-0.05, 0) is 31.2 Å². The van der Waals surface area contributed by atoms with E-state index in [4.69, 9.17) is 17.3 Å². The Morgan fingerprint density at radius 3 is 2.70 bits per heavy atom. The smallest absolute Gasteiger partial charge is 0.252 e. The summed E-state index contributed by atoms with van der Waals surface area (Å²) >= 11 is 6.01. The predicted octanol–water partition coefficient (Wildman–Crippen LogP) is 2.47. The van der Waals surface area contributed by atoms with Gasteiger partial charge >= 0.3 is 0 Å². The highest BCUT2D eigenvalue weighted by molar-refractivity contribution is 6.31. The number of halogens is 1. The number of rotatable bonds is 4. The third kappa shape index (κ3) is 3.14. The maximum absolute atomic E-state index is 11.6. The Morgan fingerprint density at radius 2 is 2.00 bits per heavy atom. The number of anilines is 2. The molecule has 0 bridgehead atoms. The SMILES string of the molecule is Cc1nc(Nc2cccc(-n3nccn3)c2)c(C(N)=O)cc1Cl. The molecule has 23 heavy (non-hydrogen) atoms. The van der Waals surface area contributed by atoms with E-state index in [2.05, 4.69) is 20.5 Å². The minimum atomic E-state index is -0.605. The van der Waals surface area contributed by atoms with Gasteiger partial charge < -0.3 is 11.1 Å². The zero-order valence-corrected chi connectivity index (χ0v) is 12.9. The van der Waals surface area contributed by atoms with E-state index >= 15 is 0 Å². The Hall–Kier alpha value is -2.93. The Bertz CT molecular complexity index is 862. The minimum Gasteiger partial charge on any atom is -0.365 e. The van der Waals surface area contributed by atoms with E-state index in [9.17, 15) is 4.79 Å². The molecule has 0 fully saturated rings. The number of carbonyl (C=O) groups excluding carboxylic acids is 1. The number of nitrogens with one attached hydrogen (secondary N) is 1. The molecule has 0 unspecified atom stereocenters. The number of hydrogen-bond acceptors (Lipinski definition) is 5. The molecule has 2 aromatic heterocycles. The highest BCUT2D eigenvalue weighted by Gasteiger charge is 2.13. The van der Waals surface area contributed by atoms with Crippen LogP contribution in [-0.2, 0) is 0 Å². The molecule has 8 heteroatoms. The molecule has 0 spiro atoms. The predicted molar refractivity (Wildman–Crippen MR) is 87.1 cm³/mol. The summed E-state index contributed by atoms with van der Waals surface area (Å²) in [5, 5.41) is 11.6. The van der Waals surface area contributed by atoms with Crippen LogP contribution < -0.4 is 11.1 Å². The van der Waals surface area contributed by atoms with Crippen molar-refractivity contribution < 1.29 is 4.79 Å². The topological polar surface area (TPSA) is 98.7 Å². The van der Waals surface area contributed by atoms with Crippen molar-refractivity contribution in [1.29, 1.82) is 0 Å². The molecule has 2 heterocycles. The van der Waals surface area contributed by atoms with Gasteiger partial charge in [-0.1, -0.05) is 17.7 Å². The number of hydrogen-bond donors (Lipinski definition) is 2. The molecule has 116 valence electrons. The third-order valence-corrected chi connectivity index (χ3v) is 3.56. The summed E-state index contributed by atoms with van der Waals surface area (Å²) in [4.78, 5) is 17.4. The zero-order valence-electron chi connectivity index (χ0n) is 12.2. The van der Waals surface area contributed by atoms with Crippen LogP contribution in [0.25, 0.3) is 5.69 Å². The van der Waals surface area contributed by atoms with Gasteiger partial charge in [-0.15, -0.1) is 0 Å². The first-order valence-electron chi connectivity index (χ1n) is 6.75. The molecule has 3 rings (SSSR count). The number of amides is 1. The lowest BCUT2D eigenvalue weighted by Crippen LogP contribution is -2.15. The van der Waals surface area contributed by atoms with Gasteiger partial charge in [0.25, 0.3) is 5.91 Å². The summed E-state index contributed by atoms with van der Waals surface area (Å²) in [6.45, 7) is 1.75. The maximum atomic E-state index is 11.6. The molecule has 0 aliphatic carbocycles. The van der Waals surface area contributed by atoms with Crippen LogP contribution >= 0.6 is 11.6 Å².